The lowest BCUT2D eigenvalue weighted by Gasteiger charge is -2.21. The van der Waals surface area contributed by atoms with Crippen LogP contribution in [0.1, 0.15) is 40.9 Å². The van der Waals surface area contributed by atoms with Crippen molar-refractivity contribution < 1.29 is 14.3 Å². The summed E-state index contributed by atoms with van der Waals surface area (Å²) in [7, 11) is 0. The summed E-state index contributed by atoms with van der Waals surface area (Å²) in [5.41, 5.74) is 2.30. The second-order valence-corrected chi connectivity index (χ2v) is 6.02. The molecule has 0 aromatic heterocycles. The number of nitrogens with zero attached hydrogens (tertiary/aromatic N) is 1. The molecule has 1 heterocycles. The summed E-state index contributed by atoms with van der Waals surface area (Å²) >= 11 is 0. The SMILES string of the molecule is CCOc1ccc([C@@H]2CC(=O)NC(NC(=O)c3ccccc3C)=N2)cc1. The van der Waals surface area contributed by atoms with Gasteiger partial charge in [0.25, 0.3) is 5.91 Å². The van der Waals surface area contributed by atoms with E-state index in [9.17, 15) is 9.59 Å². The Hall–Kier alpha value is -3.15. The largest absolute Gasteiger partial charge is 0.494 e. The molecule has 0 fully saturated rings. The van der Waals surface area contributed by atoms with Gasteiger partial charge in [0.05, 0.1) is 19.1 Å². The van der Waals surface area contributed by atoms with E-state index in [1.165, 1.54) is 0 Å². The van der Waals surface area contributed by atoms with Crippen LogP contribution in [0.25, 0.3) is 0 Å². The molecule has 0 aliphatic carbocycles. The number of rotatable bonds is 4. The molecule has 1 aliphatic rings. The summed E-state index contributed by atoms with van der Waals surface area (Å²) in [6.07, 6.45) is 0.234. The third-order valence-electron chi connectivity index (χ3n) is 4.12. The van der Waals surface area contributed by atoms with Crippen molar-refractivity contribution in [2.75, 3.05) is 6.61 Å². The molecule has 0 saturated carbocycles. The van der Waals surface area contributed by atoms with Crippen molar-refractivity contribution in [1.29, 1.82) is 0 Å². The van der Waals surface area contributed by atoms with E-state index in [0.717, 1.165) is 16.9 Å². The summed E-state index contributed by atoms with van der Waals surface area (Å²) in [6.45, 7) is 4.38. The van der Waals surface area contributed by atoms with Crippen LogP contribution in [-0.2, 0) is 4.79 Å². The molecule has 3 rings (SSSR count). The highest BCUT2D eigenvalue weighted by Crippen LogP contribution is 2.25. The molecule has 0 bridgehead atoms. The molecule has 1 aliphatic heterocycles. The number of amides is 2. The minimum absolute atomic E-state index is 0.174. The van der Waals surface area contributed by atoms with E-state index in [-0.39, 0.29) is 30.2 Å². The smallest absolute Gasteiger partial charge is 0.258 e. The Balaban J connectivity index is 1.78. The molecule has 2 N–H and O–H groups in total. The van der Waals surface area contributed by atoms with Crippen molar-refractivity contribution in [2.45, 2.75) is 26.3 Å². The van der Waals surface area contributed by atoms with Crippen molar-refractivity contribution in [3.05, 3.63) is 65.2 Å². The Kier molecular flexibility index (Phi) is 5.31. The number of aliphatic imine (C=N–C) groups is 1. The third kappa shape index (κ3) is 4.08. The Morgan fingerprint density at radius 2 is 1.96 bits per heavy atom. The van der Waals surface area contributed by atoms with Crippen LogP contribution in [0.4, 0.5) is 0 Å². The van der Waals surface area contributed by atoms with Gasteiger partial charge >= 0.3 is 0 Å². The average molecular weight is 351 g/mol. The van der Waals surface area contributed by atoms with Crippen LogP contribution < -0.4 is 15.4 Å². The minimum atomic E-state index is -0.341. The van der Waals surface area contributed by atoms with Crippen LogP contribution in [0.15, 0.2) is 53.5 Å². The maximum atomic E-state index is 12.4. The number of hydrogen-bond acceptors (Lipinski definition) is 4. The van der Waals surface area contributed by atoms with Crippen LogP contribution in [-0.4, -0.2) is 24.4 Å². The molecule has 26 heavy (non-hydrogen) atoms. The van der Waals surface area contributed by atoms with Gasteiger partial charge in [0.15, 0.2) is 0 Å². The highest BCUT2D eigenvalue weighted by atomic mass is 16.5. The number of carbonyl (C=O) groups is 2. The number of nitrogens with one attached hydrogen (secondary N) is 2. The van der Waals surface area contributed by atoms with E-state index >= 15 is 0 Å². The van der Waals surface area contributed by atoms with Gasteiger partial charge in [0, 0.05) is 5.56 Å². The lowest BCUT2D eigenvalue weighted by Crippen LogP contribution is -2.47. The van der Waals surface area contributed by atoms with Gasteiger partial charge < -0.3 is 4.74 Å². The number of hydrogen-bond donors (Lipinski definition) is 2. The van der Waals surface area contributed by atoms with Gasteiger partial charge in [-0.3, -0.25) is 20.2 Å². The predicted molar refractivity (Wildman–Crippen MR) is 99.2 cm³/mol. The molecule has 2 aromatic carbocycles. The Labute approximate surface area is 152 Å². The highest BCUT2D eigenvalue weighted by molar-refractivity contribution is 6.11. The third-order valence-corrected chi connectivity index (χ3v) is 4.12. The van der Waals surface area contributed by atoms with Gasteiger partial charge in [0.2, 0.25) is 11.9 Å². The monoisotopic (exact) mass is 351 g/mol. The molecule has 134 valence electrons. The molecule has 1 atom stereocenters. The molecule has 0 radical (unpaired) electrons. The van der Waals surface area contributed by atoms with Gasteiger partial charge in [-0.05, 0) is 43.2 Å². The van der Waals surface area contributed by atoms with Crippen LogP contribution in [0.5, 0.6) is 5.75 Å². The van der Waals surface area contributed by atoms with E-state index in [2.05, 4.69) is 15.6 Å². The van der Waals surface area contributed by atoms with Crippen LogP contribution in [0.2, 0.25) is 0 Å². The van der Waals surface area contributed by atoms with E-state index in [4.69, 9.17) is 4.74 Å². The lowest BCUT2D eigenvalue weighted by molar-refractivity contribution is -0.120. The summed E-state index contributed by atoms with van der Waals surface area (Å²) < 4.78 is 5.43. The Morgan fingerprint density at radius 1 is 1.23 bits per heavy atom. The van der Waals surface area contributed by atoms with Crippen molar-refractivity contribution >= 4 is 17.8 Å². The van der Waals surface area contributed by atoms with Crippen LogP contribution in [0, 0.1) is 6.92 Å². The second-order valence-electron chi connectivity index (χ2n) is 6.02. The van der Waals surface area contributed by atoms with E-state index in [1.54, 1.807) is 12.1 Å². The number of benzene rings is 2. The normalized spacial score (nSPS) is 16.5. The summed E-state index contributed by atoms with van der Waals surface area (Å²) in [4.78, 5) is 29.0. The molecule has 0 spiro atoms. The zero-order valence-corrected chi connectivity index (χ0v) is 14.8. The van der Waals surface area contributed by atoms with Crippen molar-refractivity contribution in [2.24, 2.45) is 4.99 Å². The average Bonchev–Trinajstić information content (AvgIpc) is 2.62. The van der Waals surface area contributed by atoms with Crippen LogP contribution in [0.3, 0.4) is 0 Å². The standard InChI is InChI=1S/C20H21N3O3/c1-3-26-15-10-8-14(9-11-15)17-12-18(24)22-20(21-17)23-19(25)16-7-5-4-6-13(16)2/h4-11,17H,3,12H2,1-2H3,(H2,21,22,23,24,25)/t17-/m0/s1. The fourth-order valence-electron chi connectivity index (χ4n) is 2.80. The molecular formula is C20H21N3O3. The van der Waals surface area contributed by atoms with Gasteiger partial charge in [-0.15, -0.1) is 0 Å². The van der Waals surface area contributed by atoms with E-state index in [0.29, 0.717) is 12.2 Å². The molecule has 2 amide bonds. The quantitative estimate of drug-likeness (QED) is 0.889. The summed E-state index contributed by atoms with van der Waals surface area (Å²) in [5, 5.41) is 5.31. The fourth-order valence-corrected chi connectivity index (χ4v) is 2.80. The first-order chi connectivity index (χ1) is 12.6. The second kappa shape index (κ2) is 7.82. The minimum Gasteiger partial charge on any atom is -0.494 e. The Morgan fingerprint density at radius 3 is 2.65 bits per heavy atom. The van der Waals surface area contributed by atoms with Crippen molar-refractivity contribution in [1.82, 2.24) is 10.6 Å². The van der Waals surface area contributed by atoms with Crippen LogP contribution >= 0.6 is 0 Å². The predicted octanol–water partition coefficient (Wildman–Crippen LogP) is 2.74. The molecule has 2 aromatic rings. The maximum Gasteiger partial charge on any atom is 0.258 e. The van der Waals surface area contributed by atoms with Gasteiger partial charge in [-0.25, -0.2) is 4.99 Å². The molecular weight excluding hydrogens is 330 g/mol. The van der Waals surface area contributed by atoms with Gasteiger partial charge in [0.1, 0.15) is 5.75 Å². The zero-order valence-electron chi connectivity index (χ0n) is 14.8. The molecule has 0 saturated heterocycles. The lowest BCUT2D eigenvalue weighted by atomic mass is 10.0. The summed E-state index contributed by atoms with van der Waals surface area (Å²) in [5.74, 6) is 0.468. The topological polar surface area (TPSA) is 79.8 Å². The number of guanidine groups is 1. The van der Waals surface area contributed by atoms with Crippen molar-refractivity contribution in [3.63, 3.8) is 0 Å². The molecule has 6 nitrogen and oxygen atoms in total. The van der Waals surface area contributed by atoms with Gasteiger partial charge in [-0.1, -0.05) is 30.3 Å². The zero-order chi connectivity index (χ0) is 18.5. The van der Waals surface area contributed by atoms with E-state index in [1.807, 2.05) is 50.2 Å². The summed E-state index contributed by atoms with van der Waals surface area (Å²) in [6, 6.07) is 14.4. The first kappa shape index (κ1) is 17.7. The first-order valence-corrected chi connectivity index (χ1v) is 8.54. The van der Waals surface area contributed by atoms with Crippen molar-refractivity contribution in [3.8, 4) is 5.75 Å². The van der Waals surface area contributed by atoms with Gasteiger partial charge in [-0.2, -0.15) is 0 Å². The number of aryl methyl sites for hydroxylation is 1. The molecule has 6 heteroatoms. The number of carbonyl (C=O) groups excluding carboxylic acids is 2. The number of ether oxygens (including phenoxy) is 1. The molecule has 0 unspecified atom stereocenters. The first-order valence-electron chi connectivity index (χ1n) is 8.54. The Bertz CT molecular complexity index is 844. The highest BCUT2D eigenvalue weighted by Gasteiger charge is 2.24. The fraction of sp³-hybridized carbons (Fsp3) is 0.250. The van der Waals surface area contributed by atoms with E-state index < -0.39 is 0 Å². The maximum absolute atomic E-state index is 12.4.